The van der Waals surface area contributed by atoms with Gasteiger partial charge in [-0.3, -0.25) is 14.6 Å². The fraction of sp³-hybridized carbons (Fsp3) is 0.435. The monoisotopic (exact) mass is 406 g/mol. The Balaban J connectivity index is 1.12. The molecule has 2 amide bonds. The number of carbonyl (C=O) groups is 2. The molecule has 1 atom stereocenters. The lowest BCUT2D eigenvalue weighted by Gasteiger charge is -2.61. The van der Waals surface area contributed by atoms with Crippen molar-refractivity contribution >= 4 is 17.5 Å². The van der Waals surface area contributed by atoms with Gasteiger partial charge >= 0.3 is 0 Å². The second kappa shape index (κ2) is 7.31. The molecule has 0 bridgehead atoms. The fourth-order valence-electron chi connectivity index (χ4n) is 4.92. The van der Waals surface area contributed by atoms with Gasteiger partial charge in [0.25, 0.3) is 0 Å². The minimum Gasteiger partial charge on any atom is -0.497 e. The maximum Gasteiger partial charge on any atom is 0.228 e. The number of nitrogens with zero attached hydrogens (tertiary/aromatic N) is 4. The van der Waals surface area contributed by atoms with Gasteiger partial charge in [-0.2, -0.15) is 0 Å². The van der Waals surface area contributed by atoms with Crippen molar-refractivity contribution in [1.29, 1.82) is 0 Å². The van der Waals surface area contributed by atoms with Crippen molar-refractivity contribution in [1.82, 2.24) is 14.8 Å². The van der Waals surface area contributed by atoms with E-state index >= 15 is 0 Å². The first kappa shape index (κ1) is 18.9. The standard InChI is InChI=1S/C23H26N4O3/c1-30-20-4-2-19(3-5-20)26-13-23(14-26)15-27(16-23)22(29)18-10-21(28)25(12-18)11-17-6-8-24-9-7-17/h2-9,18H,10-16H2,1H3. The number of anilines is 1. The molecule has 1 spiro atoms. The number of ether oxygens (including phenoxy) is 1. The summed E-state index contributed by atoms with van der Waals surface area (Å²) in [7, 11) is 1.67. The number of pyridine rings is 1. The Labute approximate surface area is 176 Å². The first-order valence-electron chi connectivity index (χ1n) is 10.4. The van der Waals surface area contributed by atoms with Gasteiger partial charge in [0.1, 0.15) is 5.75 Å². The smallest absolute Gasteiger partial charge is 0.228 e. The second-order valence-corrected chi connectivity index (χ2v) is 8.78. The van der Waals surface area contributed by atoms with Crippen LogP contribution in [0.25, 0.3) is 0 Å². The molecular weight excluding hydrogens is 380 g/mol. The van der Waals surface area contributed by atoms with Crippen LogP contribution in [0, 0.1) is 11.3 Å². The van der Waals surface area contributed by atoms with E-state index in [1.165, 1.54) is 5.69 Å². The molecule has 156 valence electrons. The highest BCUT2D eigenvalue weighted by molar-refractivity contribution is 5.89. The minimum atomic E-state index is -0.213. The number of aromatic nitrogens is 1. The second-order valence-electron chi connectivity index (χ2n) is 8.78. The molecule has 0 saturated carbocycles. The molecule has 3 aliphatic heterocycles. The third kappa shape index (κ3) is 3.38. The van der Waals surface area contributed by atoms with E-state index in [4.69, 9.17) is 4.74 Å². The highest BCUT2D eigenvalue weighted by atomic mass is 16.5. The van der Waals surface area contributed by atoms with E-state index in [1.54, 1.807) is 24.4 Å². The SMILES string of the molecule is COc1ccc(N2CC3(CN(C(=O)C4CC(=O)N(Cc5ccncc5)C4)C3)C2)cc1. The Morgan fingerprint density at radius 3 is 2.47 bits per heavy atom. The zero-order valence-corrected chi connectivity index (χ0v) is 17.2. The third-order valence-corrected chi connectivity index (χ3v) is 6.54. The van der Waals surface area contributed by atoms with Gasteiger partial charge in [0, 0.05) is 69.2 Å². The third-order valence-electron chi connectivity index (χ3n) is 6.54. The Kier molecular flexibility index (Phi) is 4.60. The van der Waals surface area contributed by atoms with Gasteiger partial charge in [-0.25, -0.2) is 0 Å². The molecule has 0 N–H and O–H groups in total. The van der Waals surface area contributed by atoms with Gasteiger partial charge in [-0.05, 0) is 42.0 Å². The topological polar surface area (TPSA) is 66.0 Å². The van der Waals surface area contributed by atoms with Gasteiger partial charge < -0.3 is 19.4 Å². The van der Waals surface area contributed by atoms with E-state index in [9.17, 15) is 9.59 Å². The average Bonchev–Trinajstić information content (AvgIpc) is 3.07. The van der Waals surface area contributed by atoms with Crippen LogP contribution >= 0.6 is 0 Å². The number of likely N-dealkylation sites (tertiary alicyclic amines) is 2. The zero-order valence-electron chi connectivity index (χ0n) is 17.2. The van der Waals surface area contributed by atoms with E-state index in [-0.39, 0.29) is 23.1 Å². The molecule has 30 heavy (non-hydrogen) atoms. The van der Waals surface area contributed by atoms with Crippen molar-refractivity contribution in [2.24, 2.45) is 11.3 Å². The lowest BCUT2D eigenvalue weighted by molar-refractivity contribution is -0.149. The molecule has 0 radical (unpaired) electrons. The summed E-state index contributed by atoms with van der Waals surface area (Å²) in [5, 5.41) is 0. The van der Waals surface area contributed by atoms with Crippen LogP contribution in [-0.2, 0) is 16.1 Å². The molecule has 4 heterocycles. The van der Waals surface area contributed by atoms with Crippen molar-refractivity contribution < 1.29 is 14.3 Å². The van der Waals surface area contributed by atoms with Gasteiger partial charge in [0.2, 0.25) is 11.8 Å². The average molecular weight is 406 g/mol. The van der Waals surface area contributed by atoms with Gasteiger partial charge in [-0.15, -0.1) is 0 Å². The zero-order chi connectivity index (χ0) is 20.7. The van der Waals surface area contributed by atoms with Gasteiger partial charge in [0.15, 0.2) is 0 Å². The number of hydrogen-bond acceptors (Lipinski definition) is 5. The maximum atomic E-state index is 12.9. The molecule has 7 nitrogen and oxygen atoms in total. The summed E-state index contributed by atoms with van der Waals surface area (Å²) in [4.78, 5) is 35.4. The predicted molar refractivity (Wildman–Crippen MR) is 112 cm³/mol. The predicted octanol–water partition coefficient (Wildman–Crippen LogP) is 1.79. The van der Waals surface area contributed by atoms with E-state index in [1.807, 2.05) is 29.2 Å². The van der Waals surface area contributed by atoms with Crippen molar-refractivity contribution in [3.8, 4) is 5.75 Å². The number of amides is 2. The number of benzene rings is 1. The Morgan fingerprint density at radius 2 is 1.80 bits per heavy atom. The normalized spacial score (nSPS) is 22.1. The summed E-state index contributed by atoms with van der Waals surface area (Å²) in [5.74, 6) is 0.844. The van der Waals surface area contributed by atoms with Crippen LogP contribution in [0.1, 0.15) is 12.0 Å². The van der Waals surface area contributed by atoms with E-state index in [0.717, 1.165) is 37.5 Å². The van der Waals surface area contributed by atoms with Gasteiger partial charge in [-0.1, -0.05) is 0 Å². The summed E-state index contributed by atoms with van der Waals surface area (Å²) in [6.07, 6.45) is 3.78. The highest BCUT2D eigenvalue weighted by Gasteiger charge is 2.54. The molecule has 5 rings (SSSR count). The van der Waals surface area contributed by atoms with Crippen molar-refractivity contribution in [2.45, 2.75) is 13.0 Å². The van der Waals surface area contributed by atoms with Crippen LogP contribution in [0.4, 0.5) is 5.69 Å². The molecular formula is C23H26N4O3. The van der Waals surface area contributed by atoms with Crippen LogP contribution in [0.3, 0.4) is 0 Å². The summed E-state index contributed by atoms with van der Waals surface area (Å²) >= 11 is 0. The summed E-state index contributed by atoms with van der Waals surface area (Å²) < 4.78 is 5.22. The fourth-order valence-corrected chi connectivity index (χ4v) is 4.92. The number of rotatable bonds is 5. The van der Waals surface area contributed by atoms with Crippen LogP contribution in [0.5, 0.6) is 5.75 Å². The van der Waals surface area contributed by atoms with Crippen LogP contribution in [0.2, 0.25) is 0 Å². The Hall–Kier alpha value is -3.09. The molecule has 7 heteroatoms. The number of hydrogen-bond donors (Lipinski definition) is 0. The summed E-state index contributed by atoms with van der Waals surface area (Å²) in [5.41, 5.74) is 2.45. The lowest BCUT2D eigenvalue weighted by Crippen LogP contribution is -2.73. The van der Waals surface area contributed by atoms with Crippen LogP contribution in [-0.4, -0.2) is 66.4 Å². The summed E-state index contributed by atoms with van der Waals surface area (Å²) in [6, 6.07) is 11.9. The van der Waals surface area contributed by atoms with Crippen molar-refractivity contribution in [3.63, 3.8) is 0 Å². The number of carbonyl (C=O) groups excluding carboxylic acids is 2. The Bertz CT molecular complexity index is 933. The maximum absolute atomic E-state index is 12.9. The molecule has 1 aromatic heterocycles. The highest BCUT2D eigenvalue weighted by Crippen LogP contribution is 2.43. The molecule has 0 aliphatic carbocycles. The summed E-state index contributed by atoms with van der Waals surface area (Å²) in [6.45, 7) is 4.61. The minimum absolute atomic E-state index is 0.0646. The van der Waals surface area contributed by atoms with Crippen LogP contribution < -0.4 is 9.64 Å². The first-order chi connectivity index (χ1) is 14.5. The molecule has 3 fully saturated rings. The molecule has 3 aliphatic rings. The van der Waals surface area contributed by atoms with Crippen molar-refractivity contribution in [2.75, 3.05) is 44.7 Å². The van der Waals surface area contributed by atoms with E-state index in [2.05, 4.69) is 22.0 Å². The first-order valence-corrected chi connectivity index (χ1v) is 10.4. The molecule has 1 unspecified atom stereocenters. The van der Waals surface area contributed by atoms with Crippen molar-refractivity contribution in [3.05, 3.63) is 54.4 Å². The molecule has 1 aromatic carbocycles. The Morgan fingerprint density at radius 1 is 1.10 bits per heavy atom. The molecule has 3 saturated heterocycles. The van der Waals surface area contributed by atoms with Gasteiger partial charge in [0.05, 0.1) is 13.0 Å². The molecule has 2 aromatic rings. The largest absolute Gasteiger partial charge is 0.497 e. The number of methoxy groups -OCH3 is 1. The quantitative estimate of drug-likeness (QED) is 0.758. The lowest BCUT2D eigenvalue weighted by atomic mass is 9.72. The van der Waals surface area contributed by atoms with E-state index < -0.39 is 0 Å². The van der Waals surface area contributed by atoms with Crippen LogP contribution in [0.15, 0.2) is 48.8 Å². The van der Waals surface area contributed by atoms with E-state index in [0.29, 0.717) is 19.5 Å².